The zero-order chi connectivity index (χ0) is 16.4. The van der Waals surface area contributed by atoms with Crippen molar-refractivity contribution in [2.45, 2.75) is 85.9 Å². The topological polar surface area (TPSA) is 21.1 Å². The first-order valence-corrected chi connectivity index (χ1v) is 8.08. The van der Waals surface area contributed by atoms with Gasteiger partial charge in [-0.25, -0.2) is 4.98 Å². The molecule has 0 saturated carbocycles. The van der Waals surface area contributed by atoms with Gasteiger partial charge in [-0.2, -0.15) is 0 Å². The summed E-state index contributed by atoms with van der Waals surface area (Å²) in [7, 11) is 2.16. The van der Waals surface area contributed by atoms with Crippen LogP contribution in [0.15, 0.2) is 0 Å². The Kier molecular flexibility index (Phi) is 3.61. The Morgan fingerprint density at radius 1 is 1.10 bits per heavy atom. The molecule has 0 radical (unpaired) electrons. The fourth-order valence-electron chi connectivity index (χ4n) is 4.74. The Bertz CT molecular complexity index is 544. The number of imidazole rings is 1. The van der Waals surface area contributed by atoms with Crippen LogP contribution in [0.4, 0.5) is 0 Å². The van der Waals surface area contributed by atoms with E-state index in [1.807, 2.05) is 0 Å². The van der Waals surface area contributed by atoms with Gasteiger partial charge in [0.15, 0.2) is 0 Å². The van der Waals surface area contributed by atoms with Gasteiger partial charge in [-0.3, -0.25) is 4.90 Å². The van der Waals surface area contributed by atoms with Gasteiger partial charge in [0.2, 0.25) is 0 Å². The maximum absolute atomic E-state index is 4.94. The second-order valence-corrected chi connectivity index (χ2v) is 9.12. The molecule has 1 atom stereocenters. The van der Waals surface area contributed by atoms with Crippen molar-refractivity contribution in [3.63, 3.8) is 0 Å². The standard InChI is InChI=1S/C18H33N3/c1-12-13(2)20(10)15(19-12)14-17(6,7)11-18(8,9)21(14)16(3,4)5/h14H,11H2,1-10H3/t14-/m1/s1. The first kappa shape index (κ1) is 16.5. The molecule has 1 aromatic rings. The summed E-state index contributed by atoms with van der Waals surface area (Å²) >= 11 is 0. The van der Waals surface area contributed by atoms with Gasteiger partial charge in [0.05, 0.1) is 11.7 Å². The molecule has 0 amide bonds. The average Bonchev–Trinajstić information content (AvgIpc) is 2.61. The number of nitrogens with zero attached hydrogens (tertiary/aromatic N) is 3. The third kappa shape index (κ3) is 2.54. The maximum Gasteiger partial charge on any atom is 0.126 e. The highest BCUT2D eigenvalue weighted by Gasteiger charge is 2.56. The lowest BCUT2D eigenvalue weighted by Crippen LogP contribution is -2.51. The predicted octanol–water partition coefficient (Wildman–Crippen LogP) is 4.39. The minimum absolute atomic E-state index is 0.121. The number of aromatic nitrogens is 2. The van der Waals surface area contributed by atoms with Crippen LogP contribution in [0.1, 0.15) is 78.1 Å². The van der Waals surface area contributed by atoms with Gasteiger partial charge < -0.3 is 4.57 Å². The summed E-state index contributed by atoms with van der Waals surface area (Å²) in [6, 6.07) is 0.352. The average molecular weight is 291 g/mol. The molecule has 1 saturated heterocycles. The lowest BCUT2D eigenvalue weighted by atomic mass is 9.81. The van der Waals surface area contributed by atoms with E-state index in [2.05, 4.69) is 78.8 Å². The molecular weight excluding hydrogens is 258 g/mol. The Balaban J connectivity index is 2.64. The van der Waals surface area contributed by atoms with Gasteiger partial charge in [-0.1, -0.05) is 13.8 Å². The predicted molar refractivity (Wildman–Crippen MR) is 89.5 cm³/mol. The largest absolute Gasteiger partial charge is 0.334 e. The molecule has 3 heteroatoms. The number of likely N-dealkylation sites (tertiary alicyclic amines) is 1. The van der Waals surface area contributed by atoms with Crippen LogP contribution in [0.2, 0.25) is 0 Å². The van der Waals surface area contributed by atoms with E-state index >= 15 is 0 Å². The zero-order valence-corrected chi connectivity index (χ0v) is 15.6. The van der Waals surface area contributed by atoms with Crippen LogP contribution in [0, 0.1) is 19.3 Å². The van der Waals surface area contributed by atoms with Crippen molar-refractivity contribution in [3.05, 3.63) is 17.2 Å². The molecule has 1 aliphatic rings. The molecule has 3 nitrogen and oxygen atoms in total. The van der Waals surface area contributed by atoms with E-state index in [1.54, 1.807) is 0 Å². The van der Waals surface area contributed by atoms with Gasteiger partial charge >= 0.3 is 0 Å². The minimum atomic E-state index is 0.121. The van der Waals surface area contributed by atoms with E-state index in [0.717, 1.165) is 5.69 Å². The third-order valence-corrected chi connectivity index (χ3v) is 5.16. The SMILES string of the molecule is Cc1nc([C@H]2N(C(C)(C)C)C(C)(C)CC2(C)C)n(C)c1C. The number of rotatable bonds is 1. The van der Waals surface area contributed by atoms with Gasteiger partial charge in [0.25, 0.3) is 0 Å². The van der Waals surface area contributed by atoms with Crippen molar-refractivity contribution >= 4 is 0 Å². The van der Waals surface area contributed by atoms with Gasteiger partial charge in [0, 0.05) is 23.8 Å². The Labute approximate surface area is 130 Å². The summed E-state index contributed by atoms with van der Waals surface area (Å²) in [4.78, 5) is 7.62. The molecule has 0 aromatic carbocycles. The van der Waals surface area contributed by atoms with Crippen molar-refractivity contribution in [3.8, 4) is 0 Å². The third-order valence-electron chi connectivity index (χ3n) is 5.16. The highest BCUT2D eigenvalue weighted by Crippen LogP contribution is 2.56. The maximum atomic E-state index is 4.94. The summed E-state index contributed by atoms with van der Waals surface area (Å²) in [5.74, 6) is 1.22. The van der Waals surface area contributed by atoms with E-state index in [1.165, 1.54) is 17.9 Å². The van der Waals surface area contributed by atoms with E-state index in [-0.39, 0.29) is 16.5 Å². The second-order valence-electron chi connectivity index (χ2n) is 9.12. The first-order chi connectivity index (χ1) is 9.29. The summed E-state index contributed by atoms with van der Waals surface area (Å²) in [6.45, 7) is 20.8. The zero-order valence-electron chi connectivity index (χ0n) is 15.6. The molecule has 1 fully saturated rings. The summed E-state index contributed by atoms with van der Waals surface area (Å²) in [5.41, 5.74) is 2.95. The van der Waals surface area contributed by atoms with Crippen molar-refractivity contribution in [1.29, 1.82) is 0 Å². The second kappa shape index (κ2) is 4.58. The number of hydrogen-bond acceptors (Lipinski definition) is 2. The molecule has 0 aliphatic carbocycles. The fraction of sp³-hybridized carbons (Fsp3) is 0.833. The highest BCUT2D eigenvalue weighted by atomic mass is 15.3. The summed E-state index contributed by atoms with van der Waals surface area (Å²) < 4.78 is 2.29. The van der Waals surface area contributed by atoms with E-state index in [9.17, 15) is 0 Å². The summed E-state index contributed by atoms with van der Waals surface area (Å²) in [5, 5.41) is 0. The Morgan fingerprint density at radius 3 is 2.00 bits per heavy atom. The molecule has 1 aromatic heterocycles. The molecule has 0 unspecified atom stereocenters. The lowest BCUT2D eigenvalue weighted by molar-refractivity contribution is 0.0133. The van der Waals surface area contributed by atoms with Crippen molar-refractivity contribution in [1.82, 2.24) is 14.5 Å². The van der Waals surface area contributed by atoms with Gasteiger partial charge in [-0.15, -0.1) is 0 Å². The van der Waals surface area contributed by atoms with Crippen LogP contribution in [0.3, 0.4) is 0 Å². The van der Waals surface area contributed by atoms with Crippen LogP contribution in [0.25, 0.3) is 0 Å². The van der Waals surface area contributed by atoms with Gasteiger partial charge in [0.1, 0.15) is 5.82 Å². The van der Waals surface area contributed by atoms with Crippen LogP contribution >= 0.6 is 0 Å². The monoisotopic (exact) mass is 291 g/mol. The minimum Gasteiger partial charge on any atom is -0.334 e. The van der Waals surface area contributed by atoms with E-state index < -0.39 is 0 Å². The highest BCUT2D eigenvalue weighted by molar-refractivity contribution is 5.22. The lowest BCUT2D eigenvalue weighted by Gasteiger charge is -2.46. The molecular formula is C18H33N3. The van der Waals surface area contributed by atoms with E-state index in [0.29, 0.717) is 6.04 Å². The molecule has 21 heavy (non-hydrogen) atoms. The molecule has 2 heterocycles. The van der Waals surface area contributed by atoms with Gasteiger partial charge in [-0.05, 0) is 60.3 Å². The van der Waals surface area contributed by atoms with Crippen molar-refractivity contribution in [2.24, 2.45) is 12.5 Å². The summed E-state index contributed by atoms with van der Waals surface area (Å²) in [6.07, 6.45) is 1.19. The number of aryl methyl sites for hydroxylation is 1. The van der Waals surface area contributed by atoms with Crippen molar-refractivity contribution < 1.29 is 0 Å². The van der Waals surface area contributed by atoms with Crippen LogP contribution in [-0.4, -0.2) is 25.5 Å². The number of hydrogen-bond donors (Lipinski definition) is 0. The molecule has 1 aliphatic heterocycles. The van der Waals surface area contributed by atoms with E-state index in [4.69, 9.17) is 4.98 Å². The molecule has 2 rings (SSSR count). The normalized spacial score (nSPS) is 25.5. The molecule has 120 valence electrons. The van der Waals surface area contributed by atoms with Crippen LogP contribution in [-0.2, 0) is 7.05 Å². The smallest absolute Gasteiger partial charge is 0.126 e. The quantitative estimate of drug-likeness (QED) is 0.765. The molecule has 0 N–H and O–H groups in total. The van der Waals surface area contributed by atoms with Crippen LogP contribution in [0.5, 0.6) is 0 Å². The van der Waals surface area contributed by atoms with Crippen LogP contribution < -0.4 is 0 Å². The fourth-order valence-corrected chi connectivity index (χ4v) is 4.74. The Hall–Kier alpha value is -0.830. The molecule has 0 bridgehead atoms. The van der Waals surface area contributed by atoms with Crippen molar-refractivity contribution in [2.75, 3.05) is 0 Å². The first-order valence-electron chi connectivity index (χ1n) is 8.08. The molecule has 0 spiro atoms. The Morgan fingerprint density at radius 2 is 1.62 bits per heavy atom.